The second-order valence-corrected chi connectivity index (χ2v) is 8.08. The van der Waals surface area contributed by atoms with Crippen molar-refractivity contribution in [3.8, 4) is 11.9 Å². The van der Waals surface area contributed by atoms with Crippen LogP contribution in [0.2, 0.25) is 0 Å². The first-order valence-electron chi connectivity index (χ1n) is 9.31. The van der Waals surface area contributed by atoms with Gasteiger partial charge in [-0.2, -0.15) is 10.2 Å². The van der Waals surface area contributed by atoms with Crippen molar-refractivity contribution in [3.05, 3.63) is 39.8 Å². The fourth-order valence-corrected chi connectivity index (χ4v) is 5.01. The molecule has 2 aliphatic rings. The summed E-state index contributed by atoms with van der Waals surface area (Å²) in [6.07, 6.45) is 7.43. The maximum absolute atomic E-state index is 12.6. The summed E-state index contributed by atoms with van der Waals surface area (Å²) in [4.78, 5) is 28.6. The number of rotatable bonds is 2. The third-order valence-electron chi connectivity index (χ3n) is 5.51. The van der Waals surface area contributed by atoms with E-state index < -0.39 is 0 Å². The quantitative estimate of drug-likeness (QED) is 0.658. The second-order valence-electron chi connectivity index (χ2n) is 7.22. The number of hydrogen-bond acceptors (Lipinski definition) is 8. The number of morpholine rings is 1. The van der Waals surface area contributed by atoms with Gasteiger partial charge in [-0.15, -0.1) is 11.3 Å². The highest BCUT2D eigenvalue weighted by Gasteiger charge is 2.40. The maximum atomic E-state index is 12.6. The Labute approximate surface area is 165 Å². The topological polar surface area (TPSA) is 96.9 Å². The highest BCUT2D eigenvalue weighted by molar-refractivity contribution is 7.16. The van der Waals surface area contributed by atoms with Gasteiger partial charge >= 0.3 is 0 Å². The minimum absolute atomic E-state index is 0.0975. The molecule has 0 amide bonds. The van der Waals surface area contributed by atoms with Crippen LogP contribution < -0.4 is 10.5 Å². The third kappa shape index (κ3) is 2.77. The summed E-state index contributed by atoms with van der Waals surface area (Å²) in [7, 11) is 0. The first kappa shape index (κ1) is 17.3. The zero-order valence-electron chi connectivity index (χ0n) is 15.2. The number of nitrogens with zero attached hydrogens (tertiary/aromatic N) is 6. The van der Waals surface area contributed by atoms with Crippen molar-refractivity contribution < 1.29 is 4.74 Å². The van der Waals surface area contributed by atoms with E-state index in [9.17, 15) is 10.1 Å². The zero-order chi connectivity index (χ0) is 19.1. The first-order chi connectivity index (χ1) is 13.7. The second kappa shape index (κ2) is 6.65. The molecule has 0 radical (unpaired) electrons. The minimum Gasteiger partial charge on any atom is -0.371 e. The van der Waals surface area contributed by atoms with Gasteiger partial charge in [-0.25, -0.2) is 9.97 Å². The molecule has 1 spiro atoms. The van der Waals surface area contributed by atoms with Crippen molar-refractivity contribution in [1.82, 2.24) is 19.5 Å². The van der Waals surface area contributed by atoms with Crippen molar-refractivity contribution in [2.75, 3.05) is 24.6 Å². The monoisotopic (exact) mass is 394 g/mol. The average Bonchev–Trinajstić information content (AvgIpc) is 3.35. The predicted molar refractivity (Wildman–Crippen MR) is 105 cm³/mol. The lowest BCUT2D eigenvalue weighted by Gasteiger charge is -2.40. The van der Waals surface area contributed by atoms with Crippen LogP contribution >= 0.6 is 11.3 Å². The molecule has 9 heteroatoms. The number of hydrogen-bond donors (Lipinski definition) is 0. The molecule has 0 bridgehead atoms. The van der Waals surface area contributed by atoms with E-state index in [2.05, 4.69) is 25.9 Å². The summed E-state index contributed by atoms with van der Waals surface area (Å²) in [5.74, 6) is 1.03. The molecule has 0 atom stereocenters. The van der Waals surface area contributed by atoms with Crippen LogP contribution in [-0.4, -0.2) is 44.8 Å². The standard InChI is InChI=1S/C19H18N6O2S/c20-9-13-11-28-17-16(13)25(15(26)10-22-17)14-3-6-21-18(23-14)24-7-8-27-19(12-24)4-1-2-5-19/h3,6,10-11H,1-2,4-5,7-8,12H2. The van der Waals surface area contributed by atoms with E-state index in [1.807, 2.05) is 0 Å². The Morgan fingerprint density at radius 3 is 2.96 bits per heavy atom. The van der Waals surface area contributed by atoms with Crippen molar-refractivity contribution in [1.29, 1.82) is 5.26 Å². The molecule has 0 aromatic carbocycles. The van der Waals surface area contributed by atoms with Crippen molar-refractivity contribution in [3.63, 3.8) is 0 Å². The van der Waals surface area contributed by atoms with Crippen LogP contribution in [0.3, 0.4) is 0 Å². The molecule has 4 heterocycles. The summed E-state index contributed by atoms with van der Waals surface area (Å²) in [6, 6.07) is 3.83. The highest BCUT2D eigenvalue weighted by atomic mass is 32.1. The maximum Gasteiger partial charge on any atom is 0.275 e. The van der Waals surface area contributed by atoms with Crippen molar-refractivity contribution in [2.24, 2.45) is 0 Å². The number of anilines is 1. The number of thiophene rings is 1. The van der Waals surface area contributed by atoms with Crippen LogP contribution in [0.1, 0.15) is 31.2 Å². The molecule has 8 nitrogen and oxygen atoms in total. The van der Waals surface area contributed by atoms with Crippen LogP contribution in [0.15, 0.2) is 28.6 Å². The van der Waals surface area contributed by atoms with E-state index in [1.54, 1.807) is 17.6 Å². The van der Waals surface area contributed by atoms with Crippen LogP contribution in [0, 0.1) is 11.3 Å². The average molecular weight is 394 g/mol. The van der Waals surface area contributed by atoms with Gasteiger partial charge in [0.25, 0.3) is 5.56 Å². The van der Waals surface area contributed by atoms with Gasteiger partial charge in [-0.3, -0.25) is 9.36 Å². The van der Waals surface area contributed by atoms with Crippen LogP contribution in [-0.2, 0) is 4.74 Å². The molecule has 2 fully saturated rings. The van der Waals surface area contributed by atoms with E-state index in [0.29, 0.717) is 40.8 Å². The molecular weight excluding hydrogens is 376 g/mol. The molecule has 1 saturated heterocycles. The van der Waals surface area contributed by atoms with E-state index >= 15 is 0 Å². The van der Waals surface area contributed by atoms with E-state index in [4.69, 9.17) is 4.74 Å². The van der Waals surface area contributed by atoms with Crippen LogP contribution in [0.25, 0.3) is 16.2 Å². The van der Waals surface area contributed by atoms with Gasteiger partial charge < -0.3 is 9.64 Å². The summed E-state index contributed by atoms with van der Waals surface area (Å²) >= 11 is 1.34. The Balaban J connectivity index is 1.58. The Morgan fingerprint density at radius 2 is 2.14 bits per heavy atom. The van der Waals surface area contributed by atoms with Gasteiger partial charge in [0.05, 0.1) is 24.0 Å². The minimum atomic E-state index is -0.318. The molecule has 1 saturated carbocycles. The predicted octanol–water partition coefficient (Wildman–Crippen LogP) is 2.26. The van der Waals surface area contributed by atoms with Gasteiger partial charge in [0.15, 0.2) is 0 Å². The molecule has 3 aromatic rings. The molecule has 0 unspecified atom stereocenters. The molecular formula is C19H18N6O2S. The lowest BCUT2D eigenvalue weighted by atomic mass is 10.00. The lowest BCUT2D eigenvalue weighted by Crippen LogP contribution is -2.51. The normalized spacial score (nSPS) is 18.6. The van der Waals surface area contributed by atoms with Gasteiger partial charge in [-0.05, 0) is 12.8 Å². The summed E-state index contributed by atoms with van der Waals surface area (Å²) in [5, 5.41) is 11.1. The summed E-state index contributed by atoms with van der Waals surface area (Å²) < 4.78 is 7.55. The number of ether oxygens (including phenoxy) is 1. The number of fused-ring (bicyclic) bond motifs is 1. The first-order valence-corrected chi connectivity index (χ1v) is 10.2. The summed E-state index contributed by atoms with van der Waals surface area (Å²) in [6.45, 7) is 2.13. The summed E-state index contributed by atoms with van der Waals surface area (Å²) in [5.41, 5.74) is 0.501. The molecule has 0 N–H and O–H groups in total. The molecule has 3 aromatic heterocycles. The number of aromatic nitrogens is 4. The van der Waals surface area contributed by atoms with E-state index in [-0.39, 0.29) is 11.2 Å². The molecule has 28 heavy (non-hydrogen) atoms. The van der Waals surface area contributed by atoms with Gasteiger partial charge in [0.2, 0.25) is 5.95 Å². The highest BCUT2D eigenvalue weighted by Crippen LogP contribution is 2.36. The Kier molecular flexibility index (Phi) is 4.10. The largest absolute Gasteiger partial charge is 0.371 e. The van der Waals surface area contributed by atoms with Gasteiger partial charge in [-0.1, -0.05) is 12.8 Å². The fourth-order valence-electron chi connectivity index (χ4n) is 4.19. The molecule has 5 rings (SSSR count). The van der Waals surface area contributed by atoms with Crippen LogP contribution in [0.4, 0.5) is 5.95 Å². The number of nitriles is 1. The van der Waals surface area contributed by atoms with Crippen molar-refractivity contribution in [2.45, 2.75) is 31.3 Å². The van der Waals surface area contributed by atoms with Crippen molar-refractivity contribution >= 4 is 27.6 Å². The fraction of sp³-hybridized carbons (Fsp3) is 0.421. The Morgan fingerprint density at radius 1 is 1.29 bits per heavy atom. The SMILES string of the molecule is N#Cc1csc2ncc(=O)n(-c3ccnc(N4CCOC5(CCCC5)C4)n3)c12. The van der Waals surface area contributed by atoms with Gasteiger partial charge in [0.1, 0.15) is 22.2 Å². The van der Waals surface area contributed by atoms with E-state index in [0.717, 1.165) is 19.4 Å². The van der Waals surface area contributed by atoms with E-state index in [1.165, 1.54) is 34.9 Å². The molecule has 1 aliphatic carbocycles. The third-order valence-corrected chi connectivity index (χ3v) is 6.38. The Bertz CT molecular complexity index is 1140. The van der Waals surface area contributed by atoms with Gasteiger partial charge in [0, 0.05) is 30.7 Å². The Hall–Kier alpha value is -2.83. The molecule has 142 valence electrons. The lowest BCUT2D eigenvalue weighted by molar-refractivity contribution is -0.0505. The molecule has 1 aliphatic heterocycles. The zero-order valence-corrected chi connectivity index (χ0v) is 16.0. The smallest absolute Gasteiger partial charge is 0.275 e. The van der Waals surface area contributed by atoms with Crippen LogP contribution in [0.5, 0.6) is 0 Å².